The average Bonchev–Trinajstić information content (AvgIpc) is 3.12. The molecule has 4 saturated carbocycles. The molecule has 4 aliphatic rings. The van der Waals surface area contributed by atoms with E-state index in [1.165, 1.54) is 6.42 Å². The van der Waals surface area contributed by atoms with Crippen LogP contribution in [0.4, 0.5) is 0 Å². The van der Waals surface area contributed by atoms with Crippen molar-refractivity contribution < 1.29 is 128 Å². The summed E-state index contributed by atoms with van der Waals surface area (Å²) in [6.45, 7) is 10.8. The Balaban J connectivity index is 0.00000294. The Kier molecular flexibility index (Phi) is 15.4. The predicted octanol–water partition coefficient (Wildman–Crippen LogP) is -4.92. The Morgan fingerprint density at radius 3 is 1.69 bits per heavy atom. The standard InChI is InChI=1S/C27H48O9S3.3Na/c1-16(2)7-6-8-17(3)19-9-10-20-18-13-23(37(28,29)30)22-14-24(38(31,32)33)25(39(34,35)36)15-27(22,5)21(18)11-12-26(19,20)4;;;/h16-25H,6-15H2,1-5H3,(H,28,29,30)(H,31,32,33)(H,34,35,36);;;/q;3*+1/p-3/t17-,18+,19-,20+,21+,22-,23+,24+,25+,26-,27-;;;/m1.../s1. The van der Waals surface area contributed by atoms with Crippen LogP contribution in [-0.2, 0) is 30.4 Å². The van der Waals surface area contributed by atoms with Crippen LogP contribution in [-0.4, -0.2) is 54.7 Å². The van der Waals surface area contributed by atoms with Crippen molar-refractivity contribution in [3.63, 3.8) is 0 Å². The van der Waals surface area contributed by atoms with E-state index < -0.39 is 70.3 Å². The van der Waals surface area contributed by atoms with Gasteiger partial charge in [0.25, 0.3) is 0 Å². The topological polar surface area (TPSA) is 172 Å². The van der Waals surface area contributed by atoms with Gasteiger partial charge in [0.2, 0.25) is 0 Å². The molecule has 0 bridgehead atoms. The van der Waals surface area contributed by atoms with E-state index in [1.54, 1.807) is 6.92 Å². The monoisotopic (exact) mass is 678 g/mol. The summed E-state index contributed by atoms with van der Waals surface area (Å²) in [4.78, 5) is 0. The summed E-state index contributed by atoms with van der Waals surface area (Å²) in [5, 5.41) is -5.40. The van der Waals surface area contributed by atoms with Crippen molar-refractivity contribution in [2.45, 2.75) is 115 Å². The minimum absolute atomic E-state index is 0. The molecule has 0 heterocycles. The van der Waals surface area contributed by atoms with E-state index >= 15 is 0 Å². The van der Waals surface area contributed by atoms with Crippen molar-refractivity contribution in [2.75, 3.05) is 0 Å². The molecular weight excluding hydrogens is 633 g/mol. The largest absolute Gasteiger partial charge is 1.00 e. The third kappa shape index (κ3) is 8.29. The number of fused-ring (bicyclic) bond motifs is 5. The molecule has 9 nitrogen and oxygen atoms in total. The zero-order valence-corrected chi connectivity index (χ0v) is 35.2. The van der Waals surface area contributed by atoms with Crippen LogP contribution in [0.15, 0.2) is 0 Å². The summed E-state index contributed by atoms with van der Waals surface area (Å²) in [6, 6.07) is 0. The van der Waals surface area contributed by atoms with Crippen molar-refractivity contribution in [2.24, 2.45) is 52.3 Å². The third-order valence-corrected chi connectivity index (χ3v) is 15.9. The first-order chi connectivity index (χ1) is 17.7. The van der Waals surface area contributed by atoms with Gasteiger partial charge in [-0.3, -0.25) is 0 Å². The van der Waals surface area contributed by atoms with Crippen molar-refractivity contribution in [1.82, 2.24) is 0 Å². The number of rotatable bonds is 8. The minimum Gasteiger partial charge on any atom is -0.748 e. The summed E-state index contributed by atoms with van der Waals surface area (Å²) in [5.74, 6) is 0.530. The first-order valence-corrected chi connectivity index (χ1v) is 19.0. The maximum atomic E-state index is 12.6. The first kappa shape index (κ1) is 42.8. The maximum absolute atomic E-state index is 12.6. The molecule has 0 aliphatic heterocycles. The van der Waals surface area contributed by atoms with Gasteiger partial charge in [-0.05, 0) is 97.2 Å². The van der Waals surface area contributed by atoms with Crippen LogP contribution >= 0.6 is 0 Å². The fraction of sp³-hybridized carbons (Fsp3) is 1.00. The summed E-state index contributed by atoms with van der Waals surface area (Å²) < 4.78 is 111. The molecular formula is C27H45Na3O9S3. The van der Waals surface area contributed by atoms with Crippen molar-refractivity contribution >= 4 is 30.4 Å². The van der Waals surface area contributed by atoms with Crippen molar-refractivity contribution in [3.8, 4) is 0 Å². The Labute approximate surface area is 320 Å². The molecule has 0 aromatic rings. The Morgan fingerprint density at radius 2 is 1.19 bits per heavy atom. The van der Waals surface area contributed by atoms with Crippen molar-refractivity contribution in [1.29, 1.82) is 0 Å². The molecule has 0 aromatic heterocycles. The predicted molar refractivity (Wildman–Crippen MR) is 144 cm³/mol. The number of hydrogen-bond donors (Lipinski definition) is 0. The maximum Gasteiger partial charge on any atom is 1.00 e. The SMILES string of the molecule is CC(C)CCC[C@@H](C)[C@H]1CC[C@H]2[C@@H]3C[C@H](S(=O)(=O)[O-])[C@H]4C[C@H](S(=O)(=O)[O-])[C@@H](S(=O)(=O)[O-])C[C@]4(C)[C@H]3CC[C@]12C.[Na+].[Na+].[Na+]. The summed E-state index contributed by atoms with van der Waals surface area (Å²) in [7, 11) is -15.3. The summed E-state index contributed by atoms with van der Waals surface area (Å²) in [5.41, 5.74) is -1.07. The Hall–Kier alpha value is 2.73. The van der Waals surface area contributed by atoms with Crippen molar-refractivity contribution in [3.05, 3.63) is 0 Å². The first-order valence-electron chi connectivity index (χ1n) is 14.6. The Bertz CT molecular complexity index is 1260. The molecule has 0 saturated heterocycles. The fourth-order valence-corrected chi connectivity index (χ4v) is 14.2. The molecule has 0 N–H and O–H groups in total. The molecule has 228 valence electrons. The van der Waals surface area contributed by atoms with Gasteiger partial charge in [0.05, 0.1) is 46.1 Å². The van der Waals surface area contributed by atoms with Crippen LogP contribution < -0.4 is 88.7 Å². The van der Waals surface area contributed by atoms with E-state index in [4.69, 9.17) is 0 Å². The average molecular weight is 679 g/mol. The Morgan fingerprint density at radius 1 is 0.667 bits per heavy atom. The van der Waals surface area contributed by atoms with E-state index in [0.29, 0.717) is 24.2 Å². The van der Waals surface area contributed by atoms with Gasteiger partial charge < -0.3 is 13.7 Å². The normalized spacial score (nSPS) is 40.8. The molecule has 15 heteroatoms. The van der Waals surface area contributed by atoms with Crippen LogP contribution in [0.3, 0.4) is 0 Å². The second kappa shape index (κ2) is 15.1. The van der Waals surface area contributed by atoms with Crippen LogP contribution in [0.2, 0.25) is 0 Å². The summed E-state index contributed by atoms with van der Waals surface area (Å²) >= 11 is 0. The fourth-order valence-electron chi connectivity index (χ4n) is 10.2. The zero-order valence-electron chi connectivity index (χ0n) is 26.7. The van der Waals surface area contributed by atoms with Gasteiger partial charge in [-0.2, -0.15) is 0 Å². The smallest absolute Gasteiger partial charge is 0.748 e. The van der Waals surface area contributed by atoms with Crippen LogP contribution in [0.1, 0.15) is 98.8 Å². The molecule has 11 atom stereocenters. The molecule has 0 spiro atoms. The van der Waals surface area contributed by atoms with Crippen LogP contribution in [0.5, 0.6) is 0 Å². The second-order valence-corrected chi connectivity index (χ2v) is 19.1. The van der Waals surface area contributed by atoms with E-state index in [9.17, 15) is 38.9 Å². The molecule has 4 aliphatic carbocycles. The van der Waals surface area contributed by atoms with E-state index in [-0.39, 0.29) is 118 Å². The molecule has 0 aromatic carbocycles. The van der Waals surface area contributed by atoms with Gasteiger partial charge in [0.15, 0.2) is 0 Å². The second-order valence-electron chi connectivity index (χ2n) is 14.3. The quantitative estimate of drug-likeness (QED) is 0.180. The molecule has 4 rings (SSSR count). The zero-order chi connectivity index (χ0) is 29.3. The molecule has 0 amide bonds. The van der Waals surface area contributed by atoms with Gasteiger partial charge in [-0.15, -0.1) is 0 Å². The number of hydrogen-bond acceptors (Lipinski definition) is 9. The van der Waals surface area contributed by atoms with Crippen LogP contribution in [0.25, 0.3) is 0 Å². The molecule has 0 unspecified atom stereocenters. The van der Waals surface area contributed by atoms with Gasteiger partial charge in [0, 0.05) is 0 Å². The van der Waals surface area contributed by atoms with E-state index in [1.807, 2.05) is 0 Å². The molecule has 42 heavy (non-hydrogen) atoms. The van der Waals surface area contributed by atoms with Gasteiger partial charge >= 0.3 is 88.7 Å². The molecule has 0 radical (unpaired) electrons. The third-order valence-electron chi connectivity index (χ3n) is 11.9. The summed E-state index contributed by atoms with van der Waals surface area (Å²) in [6.07, 6.45) is 6.10. The van der Waals surface area contributed by atoms with Crippen LogP contribution in [0, 0.1) is 52.3 Å². The van der Waals surface area contributed by atoms with Gasteiger partial charge in [-0.25, -0.2) is 25.3 Å². The van der Waals surface area contributed by atoms with Gasteiger partial charge in [-0.1, -0.05) is 53.9 Å². The van der Waals surface area contributed by atoms with E-state index in [2.05, 4.69) is 27.7 Å². The van der Waals surface area contributed by atoms with E-state index in [0.717, 1.165) is 32.1 Å². The minimum atomic E-state index is -5.21. The molecule has 4 fully saturated rings. The van der Waals surface area contributed by atoms with Gasteiger partial charge in [0.1, 0.15) is 0 Å².